The van der Waals surface area contributed by atoms with Crippen molar-refractivity contribution >= 4 is 5.82 Å². The average molecular weight is 267 g/mol. The summed E-state index contributed by atoms with van der Waals surface area (Å²) in [6.07, 6.45) is 0. The van der Waals surface area contributed by atoms with Crippen LogP contribution in [0.15, 0.2) is 24.3 Å². The number of anilines is 1. The van der Waals surface area contributed by atoms with Gasteiger partial charge < -0.3 is 5.73 Å². The lowest BCUT2D eigenvalue weighted by molar-refractivity contribution is 0.586. The van der Waals surface area contributed by atoms with E-state index in [4.69, 9.17) is 5.73 Å². The van der Waals surface area contributed by atoms with Crippen molar-refractivity contribution in [2.45, 2.75) is 40.0 Å². The second kappa shape index (κ2) is 4.72. The first-order valence-corrected chi connectivity index (χ1v) is 6.76. The minimum absolute atomic E-state index is 0.0143. The fourth-order valence-corrected chi connectivity index (χ4v) is 2.59. The van der Waals surface area contributed by atoms with Crippen LogP contribution >= 0.6 is 0 Å². The summed E-state index contributed by atoms with van der Waals surface area (Å²) in [6, 6.07) is 10.4. The molecule has 0 spiro atoms. The zero-order valence-corrected chi connectivity index (χ0v) is 12.8. The molecule has 3 heteroatoms. The highest BCUT2D eigenvalue weighted by atomic mass is 15.1. The third kappa shape index (κ3) is 2.08. The Hall–Kier alpha value is -2.21. The first-order valence-electron chi connectivity index (χ1n) is 6.76. The van der Waals surface area contributed by atoms with Gasteiger partial charge in [-0.25, -0.2) is 0 Å². The van der Waals surface area contributed by atoms with Crippen LogP contribution in [0.5, 0.6) is 0 Å². The molecule has 0 fully saturated rings. The van der Waals surface area contributed by atoms with Crippen LogP contribution in [0.25, 0.3) is 5.69 Å². The molecule has 0 saturated heterocycles. The number of hydrogen-bond acceptors (Lipinski definition) is 2. The second-order valence-corrected chi connectivity index (χ2v) is 6.19. The number of nitrogens with zero attached hydrogens (tertiary/aromatic N) is 2. The van der Waals surface area contributed by atoms with E-state index in [0.717, 1.165) is 16.9 Å². The summed E-state index contributed by atoms with van der Waals surface area (Å²) in [5, 5.41) is 9.27. The molecule has 1 aromatic heterocycles. The monoisotopic (exact) mass is 267 g/mol. The summed E-state index contributed by atoms with van der Waals surface area (Å²) in [6.45, 7) is 10.5. The fourth-order valence-electron chi connectivity index (χ4n) is 2.59. The minimum Gasteiger partial charge on any atom is -0.384 e. The SMILES string of the molecule is Cc1c(C#N)c(N)n(-c2ccccc2C(C)(C)C)c1C. The van der Waals surface area contributed by atoms with E-state index >= 15 is 0 Å². The number of nitriles is 1. The van der Waals surface area contributed by atoms with E-state index in [1.807, 2.05) is 30.5 Å². The van der Waals surface area contributed by atoms with Crippen LogP contribution in [0.1, 0.15) is 43.2 Å². The van der Waals surface area contributed by atoms with E-state index in [9.17, 15) is 5.26 Å². The van der Waals surface area contributed by atoms with Crippen molar-refractivity contribution in [1.82, 2.24) is 4.57 Å². The lowest BCUT2D eigenvalue weighted by atomic mass is 9.85. The van der Waals surface area contributed by atoms with Gasteiger partial charge in [0.15, 0.2) is 0 Å². The highest BCUT2D eigenvalue weighted by molar-refractivity contribution is 5.63. The Balaban J connectivity index is 2.81. The third-order valence-electron chi connectivity index (χ3n) is 3.81. The van der Waals surface area contributed by atoms with Gasteiger partial charge in [-0.15, -0.1) is 0 Å². The minimum atomic E-state index is 0.0143. The molecule has 3 nitrogen and oxygen atoms in total. The molecule has 0 aliphatic rings. The van der Waals surface area contributed by atoms with E-state index in [1.165, 1.54) is 5.56 Å². The molecule has 0 saturated carbocycles. The summed E-state index contributed by atoms with van der Waals surface area (Å²) >= 11 is 0. The van der Waals surface area contributed by atoms with Crippen LogP contribution in [-0.2, 0) is 5.41 Å². The Bertz CT molecular complexity index is 694. The normalized spacial score (nSPS) is 11.4. The quantitative estimate of drug-likeness (QED) is 0.853. The number of hydrogen-bond donors (Lipinski definition) is 1. The Morgan fingerprint density at radius 3 is 2.25 bits per heavy atom. The predicted molar refractivity (Wildman–Crippen MR) is 83.1 cm³/mol. The first-order chi connectivity index (χ1) is 9.29. The largest absolute Gasteiger partial charge is 0.384 e. The van der Waals surface area contributed by atoms with E-state index < -0.39 is 0 Å². The lowest BCUT2D eigenvalue weighted by Gasteiger charge is -2.24. The molecule has 1 heterocycles. The molecular weight excluding hydrogens is 246 g/mol. The number of nitrogens with two attached hydrogens (primary N) is 1. The van der Waals surface area contributed by atoms with Gasteiger partial charge >= 0.3 is 0 Å². The van der Waals surface area contributed by atoms with E-state index in [2.05, 4.69) is 39.0 Å². The van der Waals surface area contributed by atoms with Crippen molar-refractivity contribution in [2.75, 3.05) is 5.73 Å². The molecular formula is C17H21N3. The van der Waals surface area contributed by atoms with Gasteiger partial charge in [0.1, 0.15) is 11.9 Å². The van der Waals surface area contributed by atoms with Gasteiger partial charge in [-0.1, -0.05) is 39.0 Å². The van der Waals surface area contributed by atoms with Crippen LogP contribution in [0.2, 0.25) is 0 Å². The number of para-hydroxylation sites is 1. The molecule has 0 unspecified atom stereocenters. The number of rotatable bonds is 1. The maximum atomic E-state index is 9.27. The van der Waals surface area contributed by atoms with E-state index in [0.29, 0.717) is 11.4 Å². The topological polar surface area (TPSA) is 54.7 Å². The molecule has 20 heavy (non-hydrogen) atoms. The number of nitrogen functional groups attached to an aromatic ring is 1. The van der Waals surface area contributed by atoms with Gasteiger partial charge in [0.25, 0.3) is 0 Å². The van der Waals surface area contributed by atoms with Crippen LogP contribution in [-0.4, -0.2) is 4.57 Å². The van der Waals surface area contributed by atoms with Crippen LogP contribution in [0, 0.1) is 25.2 Å². The molecule has 0 aliphatic carbocycles. The molecule has 0 radical (unpaired) electrons. The molecule has 0 bridgehead atoms. The smallest absolute Gasteiger partial charge is 0.126 e. The number of benzene rings is 1. The molecule has 2 N–H and O–H groups in total. The average Bonchev–Trinajstić information content (AvgIpc) is 2.59. The van der Waals surface area contributed by atoms with Crippen molar-refractivity contribution in [2.24, 2.45) is 0 Å². The van der Waals surface area contributed by atoms with Crippen molar-refractivity contribution in [3.63, 3.8) is 0 Å². The zero-order chi connectivity index (χ0) is 15.1. The standard InChI is InChI=1S/C17H21N3/c1-11-12(2)20(16(19)13(11)10-18)15-9-7-6-8-14(15)17(3,4)5/h6-9H,19H2,1-5H3. The summed E-state index contributed by atoms with van der Waals surface area (Å²) < 4.78 is 1.99. The lowest BCUT2D eigenvalue weighted by Crippen LogP contribution is -2.16. The molecule has 104 valence electrons. The molecule has 0 aliphatic heterocycles. The van der Waals surface area contributed by atoms with Gasteiger partial charge in [-0.05, 0) is 36.5 Å². The van der Waals surface area contributed by atoms with Crippen molar-refractivity contribution in [1.29, 1.82) is 5.26 Å². The third-order valence-corrected chi connectivity index (χ3v) is 3.81. The second-order valence-electron chi connectivity index (χ2n) is 6.19. The van der Waals surface area contributed by atoms with Gasteiger partial charge in [0, 0.05) is 5.69 Å². The molecule has 2 rings (SSSR count). The van der Waals surface area contributed by atoms with Crippen molar-refractivity contribution in [3.05, 3.63) is 46.6 Å². The molecule has 1 aromatic carbocycles. The summed E-state index contributed by atoms with van der Waals surface area (Å²) in [4.78, 5) is 0. The Labute approximate surface area is 120 Å². The highest BCUT2D eigenvalue weighted by Gasteiger charge is 2.22. The Morgan fingerprint density at radius 1 is 1.15 bits per heavy atom. The van der Waals surface area contributed by atoms with E-state index in [1.54, 1.807) is 0 Å². The van der Waals surface area contributed by atoms with Crippen molar-refractivity contribution in [3.8, 4) is 11.8 Å². The fraction of sp³-hybridized carbons (Fsp3) is 0.353. The van der Waals surface area contributed by atoms with Crippen LogP contribution in [0.3, 0.4) is 0 Å². The maximum absolute atomic E-state index is 9.27. The van der Waals surface area contributed by atoms with Gasteiger partial charge in [-0.3, -0.25) is 4.57 Å². The molecule has 2 aromatic rings. The highest BCUT2D eigenvalue weighted by Crippen LogP contribution is 2.33. The first kappa shape index (κ1) is 14.2. The molecule has 0 atom stereocenters. The van der Waals surface area contributed by atoms with Gasteiger partial charge in [-0.2, -0.15) is 5.26 Å². The zero-order valence-electron chi connectivity index (χ0n) is 12.8. The summed E-state index contributed by atoms with van der Waals surface area (Å²) in [5.41, 5.74) is 11.0. The van der Waals surface area contributed by atoms with Crippen LogP contribution < -0.4 is 5.73 Å². The van der Waals surface area contributed by atoms with Crippen molar-refractivity contribution < 1.29 is 0 Å². The van der Waals surface area contributed by atoms with Crippen LogP contribution in [0.4, 0.5) is 5.82 Å². The predicted octanol–water partition coefficient (Wildman–Crippen LogP) is 3.85. The van der Waals surface area contributed by atoms with Gasteiger partial charge in [0.2, 0.25) is 0 Å². The Kier molecular flexibility index (Phi) is 3.35. The van der Waals surface area contributed by atoms with Gasteiger partial charge in [0.05, 0.1) is 11.3 Å². The summed E-state index contributed by atoms with van der Waals surface area (Å²) in [5.74, 6) is 0.527. The van der Waals surface area contributed by atoms with E-state index in [-0.39, 0.29) is 5.41 Å². The molecule has 0 amide bonds. The maximum Gasteiger partial charge on any atom is 0.126 e. The number of aromatic nitrogens is 1. The summed E-state index contributed by atoms with van der Waals surface area (Å²) in [7, 11) is 0. The Morgan fingerprint density at radius 2 is 1.75 bits per heavy atom.